The van der Waals surface area contributed by atoms with Crippen molar-refractivity contribution < 1.29 is 28.6 Å². The topological polar surface area (TPSA) is 115 Å². The normalized spacial score (nSPS) is 12.8. The van der Waals surface area contributed by atoms with E-state index in [1.165, 1.54) is 19.4 Å². The number of methoxy groups -OCH3 is 1. The first-order chi connectivity index (χ1) is 17.2. The first-order valence-electron chi connectivity index (χ1n) is 12.4. The number of hydrogen-bond acceptors (Lipinski definition) is 7. The van der Waals surface area contributed by atoms with Crippen molar-refractivity contribution in [1.82, 2.24) is 5.32 Å². The molecule has 2 aromatic rings. The Balaban J connectivity index is 2.08. The molecule has 2 rings (SSSR count). The van der Waals surface area contributed by atoms with Crippen LogP contribution < -0.4 is 15.7 Å². The Morgan fingerprint density at radius 2 is 1.78 bits per heavy atom. The molecule has 37 heavy (non-hydrogen) atoms. The number of hydrogen-bond donors (Lipinski definition) is 2. The van der Waals surface area contributed by atoms with Crippen molar-refractivity contribution in [3.05, 3.63) is 69.9 Å². The highest BCUT2D eigenvalue weighted by atomic mass is 16.5. The van der Waals surface area contributed by atoms with E-state index in [-0.39, 0.29) is 28.4 Å². The number of aromatic hydroxyl groups is 1. The van der Waals surface area contributed by atoms with Crippen molar-refractivity contribution in [2.24, 2.45) is 10.8 Å². The number of nitrogens with one attached hydrogen (secondary N) is 1. The zero-order chi connectivity index (χ0) is 27.8. The SMILES string of the molecule is COC(=O)N/C=C/CCC(C)c1cc(O)c(C(=O)C(C)(C)Cc2ccc(OCC(C)(C)C)cc2)c(=O)o1. The molecule has 0 aliphatic rings. The van der Waals surface area contributed by atoms with Crippen LogP contribution in [0.4, 0.5) is 4.79 Å². The lowest BCUT2D eigenvalue weighted by Gasteiger charge is -2.24. The first kappa shape index (κ1) is 29.7. The molecule has 0 saturated carbocycles. The summed E-state index contributed by atoms with van der Waals surface area (Å²) in [5.74, 6) is -0.0246. The number of allylic oxidation sites excluding steroid dienone is 1. The van der Waals surface area contributed by atoms with Gasteiger partial charge in [0.15, 0.2) is 5.78 Å². The zero-order valence-corrected chi connectivity index (χ0v) is 22.8. The van der Waals surface area contributed by atoms with Gasteiger partial charge in [-0.3, -0.25) is 10.1 Å². The van der Waals surface area contributed by atoms with E-state index >= 15 is 0 Å². The summed E-state index contributed by atoms with van der Waals surface area (Å²) in [5, 5.41) is 13.0. The molecule has 0 bridgehead atoms. The molecule has 8 heteroatoms. The highest BCUT2D eigenvalue weighted by Gasteiger charge is 2.34. The number of Topliss-reactive ketones (excluding diaryl/α,β-unsaturated/α-hetero) is 1. The predicted octanol–water partition coefficient (Wildman–Crippen LogP) is 5.98. The fraction of sp³-hybridized carbons (Fsp3) is 0.483. The van der Waals surface area contributed by atoms with Crippen molar-refractivity contribution in [3.8, 4) is 11.5 Å². The summed E-state index contributed by atoms with van der Waals surface area (Å²) in [4.78, 5) is 37.1. The van der Waals surface area contributed by atoms with Crippen molar-refractivity contribution >= 4 is 11.9 Å². The van der Waals surface area contributed by atoms with Gasteiger partial charge in [-0.25, -0.2) is 9.59 Å². The molecular formula is C29H39NO7. The molecule has 0 saturated heterocycles. The summed E-state index contributed by atoms with van der Waals surface area (Å²) < 4.78 is 15.7. The lowest BCUT2D eigenvalue weighted by molar-refractivity contribution is 0.0829. The fourth-order valence-corrected chi connectivity index (χ4v) is 3.64. The van der Waals surface area contributed by atoms with Crippen LogP contribution in [0, 0.1) is 10.8 Å². The predicted molar refractivity (Wildman–Crippen MR) is 142 cm³/mol. The maximum atomic E-state index is 13.3. The number of carbonyl (C=O) groups is 2. The second kappa shape index (κ2) is 12.6. The van der Waals surface area contributed by atoms with Gasteiger partial charge in [0.1, 0.15) is 22.8 Å². The van der Waals surface area contributed by atoms with Crippen LogP contribution in [0.1, 0.15) is 82.0 Å². The van der Waals surface area contributed by atoms with E-state index in [0.29, 0.717) is 25.9 Å². The summed E-state index contributed by atoms with van der Waals surface area (Å²) in [7, 11) is 1.27. The van der Waals surface area contributed by atoms with Gasteiger partial charge in [0.05, 0.1) is 13.7 Å². The number of carbonyl (C=O) groups excluding carboxylic acids is 2. The Hall–Kier alpha value is -3.55. The summed E-state index contributed by atoms with van der Waals surface area (Å²) in [6, 6.07) is 8.87. The van der Waals surface area contributed by atoms with E-state index < -0.39 is 22.9 Å². The minimum absolute atomic E-state index is 0.0454. The van der Waals surface area contributed by atoms with E-state index in [1.807, 2.05) is 31.2 Å². The number of benzene rings is 1. The molecule has 0 aliphatic carbocycles. The molecule has 0 aliphatic heterocycles. The first-order valence-corrected chi connectivity index (χ1v) is 12.4. The maximum Gasteiger partial charge on any atom is 0.410 e. The lowest BCUT2D eigenvalue weighted by atomic mass is 9.79. The zero-order valence-electron chi connectivity index (χ0n) is 22.8. The Morgan fingerprint density at radius 3 is 2.35 bits per heavy atom. The largest absolute Gasteiger partial charge is 0.507 e. The number of amides is 1. The van der Waals surface area contributed by atoms with Gasteiger partial charge in [-0.15, -0.1) is 0 Å². The van der Waals surface area contributed by atoms with Crippen molar-refractivity contribution in [2.75, 3.05) is 13.7 Å². The van der Waals surface area contributed by atoms with Gasteiger partial charge < -0.3 is 19.0 Å². The molecule has 0 spiro atoms. The van der Waals surface area contributed by atoms with Crippen LogP contribution in [0.3, 0.4) is 0 Å². The van der Waals surface area contributed by atoms with E-state index in [4.69, 9.17) is 9.15 Å². The number of rotatable bonds is 11. The van der Waals surface area contributed by atoms with E-state index in [1.54, 1.807) is 19.9 Å². The third-order valence-electron chi connectivity index (χ3n) is 5.79. The number of ketones is 1. The molecule has 202 valence electrons. The quantitative estimate of drug-likeness (QED) is 0.355. The molecular weight excluding hydrogens is 474 g/mol. The second-order valence-corrected chi connectivity index (χ2v) is 11.1. The molecule has 1 heterocycles. The van der Waals surface area contributed by atoms with Crippen LogP contribution in [-0.4, -0.2) is 30.7 Å². The number of ether oxygens (including phenoxy) is 2. The minimum Gasteiger partial charge on any atom is -0.507 e. The van der Waals surface area contributed by atoms with Gasteiger partial charge in [-0.1, -0.05) is 59.8 Å². The third kappa shape index (κ3) is 9.12. The minimum atomic E-state index is -0.954. The molecule has 1 amide bonds. The Kier molecular flexibility index (Phi) is 10.1. The lowest BCUT2D eigenvalue weighted by Crippen LogP contribution is -2.31. The standard InChI is InChI=1S/C29H39NO7/c1-19(10-8-9-15-30-27(34)35-7)23-16-22(31)24(26(33)37-23)25(32)29(5,6)17-20-11-13-21(14-12-20)36-18-28(2,3)4/h9,11-16,19,31H,8,10,17-18H2,1-7H3,(H,30,34)/b15-9+. The van der Waals surface area contributed by atoms with E-state index in [0.717, 1.165) is 11.3 Å². The molecule has 8 nitrogen and oxygen atoms in total. The third-order valence-corrected chi connectivity index (χ3v) is 5.79. The average molecular weight is 514 g/mol. The molecule has 1 aromatic heterocycles. The average Bonchev–Trinajstić information content (AvgIpc) is 2.81. The molecule has 2 N–H and O–H groups in total. The summed E-state index contributed by atoms with van der Waals surface area (Å²) in [6.07, 6.45) is 4.20. The van der Waals surface area contributed by atoms with E-state index in [9.17, 15) is 19.5 Å². The highest BCUT2D eigenvalue weighted by Crippen LogP contribution is 2.32. The Morgan fingerprint density at radius 1 is 1.14 bits per heavy atom. The van der Waals surface area contributed by atoms with Crippen molar-refractivity contribution in [3.63, 3.8) is 0 Å². The number of alkyl carbamates (subject to hydrolysis) is 1. The van der Waals surface area contributed by atoms with Crippen LogP contribution in [-0.2, 0) is 11.2 Å². The molecule has 0 fully saturated rings. The summed E-state index contributed by atoms with van der Waals surface area (Å²) in [5.41, 5.74) is -1.19. The van der Waals surface area contributed by atoms with Crippen LogP contribution in [0.15, 0.2) is 51.8 Å². The summed E-state index contributed by atoms with van der Waals surface area (Å²) >= 11 is 0. The van der Waals surface area contributed by atoms with Crippen molar-refractivity contribution in [2.45, 2.75) is 66.7 Å². The Bertz CT molecular complexity index is 1150. The molecule has 0 radical (unpaired) electrons. The maximum absolute atomic E-state index is 13.3. The molecule has 1 aromatic carbocycles. The summed E-state index contributed by atoms with van der Waals surface area (Å²) in [6.45, 7) is 12.2. The van der Waals surface area contributed by atoms with Crippen LogP contribution >= 0.6 is 0 Å². The van der Waals surface area contributed by atoms with E-state index in [2.05, 4.69) is 30.8 Å². The second-order valence-electron chi connectivity index (χ2n) is 11.1. The highest BCUT2D eigenvalue weighted by molar-refractivity contribution is 6.02. The van der Waals surface area contributed by atoms with Crippen molar-refractivity contribution in [1.29, 1.82) is 0 Å². The van der Waals surface area contributed by atoms with Crippen LogP contribution in [0.25, 0.3) is 0 Å². The van der Waals surface area contributed by atoms with Gasteiger partial charge in [-0.05, 0) is 42.4 Å². The van der Waals surface area contributed by atoms with Gasteiger partial charge in [-0.2, -0.15) is 0 Å². The smallest absolute Gasteiger partial charge is 0.410 e. The van der Waals surface area contributed by atoms with Crippen LogP contribution in [0.2, 0.25) is 0 Å². The fourth-order valence-electron chi connectivity index (χ4n) is 3.64. The van der Waals surface area contributed by atoms with Crippen LogP contribution in [0.5, 0.6) is 11.5 Å². The molecule has 1 atom stereocenters. The monoisotopic (exact) mass is 513 g/mol. The van der Waals surface area contributed by atoms with Gasteiger partial charge in [0, 0.05) is 23.6 Å². The van der Waals surface area contributed by atoms with Gasteiger partial charge >= 0.3 is 11.7 Å². The Labute approximate surface area is 218 Å². The molecule has 1 unspecified atom stereocenters. The van der Waals surface area contributed by atoms with Gasteiger partial charge in [0.25, 0.3) is 0 Å². The van der Waals surface area contributed by atoms with Gasteiger partial charge in [0.2, 0.25) is 0 Å².